The van der Waals surface area contributed by atoms with Gasteiger partial charge in [-0.25, -0.2) is 12.8 Å². The van der Waals surface area contributed by atoms with Crippen LogP contribution in [0.3, 0.4) is 0 Å². The maximum absolute atomic E-state index is 13.7. The van der Waals surface area contributed by atoms with Crippen LogP contribution in [0.15, 0.2) is 42.5 Å². The van der Waals surface area contributed by atoms with Crippen molar-refractivity contribution < 1.29 is 31.1 Å². The quantitative estimate of drug-likeness (QED) is 0.159. The number of hydrogen-bond acceptors (Lipinski definition) is 4. The van der Waals surface area contributed by atoms with Gasteiger partial charge in [0.25, 0.3) is 0 Å². The van der Waals surface area contributed by atoms with E-state index in [1.165, 1.54) is 28.8 Å². The number of likely N-dealkylation sites (tertiary alicyclic amines) is 1. The molecule has 1 N–H and O–H groups in total. The Morgan fingerprint density at radius 1 is 0.884 bits per heavy atom. The Labute approximate surface area is 254 Å². The largest absolute Gasteiger partial charge is 0.508 e. The lowest BCUT2D eigenvalue weighted by molar-refractivity contribution is -0.135. The lowest BCUT2D eigenvalue weighted by Gasteiger charge is -2.24. The summed E-state index contributed by atoms with van der Waals surface area (Å²) in [5.41, 5.74) is 5.96. The lowest BCUT2D eigenvalue weighted by atomic mass is 9.89. The third-order valence-corrected chi connectivity index (χ3v) is 10.7. The van der Waals surface area contributed by atoms with E-state index in [0.29, 0.717) is 12.5 Å². The Hall–Kier alpha value is -2.39. The van der Waals surface area contributed by atoms with Crippen molar-refractivity contribution in [1.82, 2.24) is 4.90 Å². The first kappa shape index (κ1) is 33.5. The molecular weight excluding hydrogens is 578 g/mol. The van der Waals surface area contributed by atoms with Crippen LogP contribution in [0.25, 0.3) is 11.1 Å². The molecule has 1 aliphatic heterocycles. The molecule has 0 spiro atoms. The minimum Gasteiger partial charge on any atom is -0.508 e. The van der Waals surface area contributed by atoms with E-state index in [1.807, 2.05) is 24.3 Å². The van der Waals surface area contributed by atoms with Crippen molar-refractivity contribution >= 4 is 21.0 Å². The number of unbranched alkanes of at least 4 members (excludes halogenated alkanes) is 3. The molecule has 0 amide bonds. The van der Waals surface area contributed by atoms with Gasteiger partial charge in [0.05, 0.1) is 11.5 Å². The summed E-state index contributed by atoms with van der Waals surface area (Å²) in [5.74, 6) is -0.0789. The molecule has 1 heterocycles. The normalized spacial score (nSPS) is 18.2. The van der Waals surface area contributed by atoms with Crippen molar-refractivity contribution in [2.45, 2.75) is 102 Å². The van der Waals surface area contributed by atoms with Gasteiger partial charge in [-0.3, -0.25) is 0 Å². The summed E-state index contributed by atoms with van der Waals surface area (Å²) in [7, 11) is -3.32. The second kappa shape index (κ2) is 15.6. The number of allylic oxidation sites excluding steroid dienone is 2. The van der Waals surface area contributed by atoms with Gasteiger partial charge in [-0.2, -0.15) is 13.2 Å². The maximum atomic E-state index is 13.7. The van der Waals surface area contributed by atoms with Crippen LogP contribution in [0.5, 0.6) is 5.75 Å². The Bertz CT molecular complexity index is 1320. The Morgan fingerprint density at radius 2 is 1.65 bits per heavy atom. The van der Waals surface area contributed by atoms with Gasteiger partial charge in [-0.15, -0.1) is 0 Å². The number of alkyl halides is 3. The molecule has 4 nitrogen and oxygen atoms in total. The number of sulfone groups is 1. The van der Waals surface area contributed by atoms with Crippen molar-refractivity contribution in [2.24, 2.45) is 0 Å². The molecule has 2 aliphatic rings. The predicted molar refractivity (Wildman–Crippen MR) is 165 cm³/mol. The van der Waals surface area contributed by atoms with E-state index < -0.39 is 22.4 Å². The van der Waals surface area contributed by atoms with Crippen molar-refractivity contribution in [3.05, 3.63) is 65.0 Å². The molecule has 9 heteroatoms. The first-order valence-electron chi connectivity index (χ1n) is 15.8. The van der Waals surface area contributed by atoms with E-state index in [2.05, 4.69) is 4.90 Å². The molecule has 0 radical (unpaired) electrons. The van der Waals surface area contributed by atoms with E-state index >= 15 is 0 Å². The number of aromatic hydroxyl groups is 1. The molecule has 2 aromatic carbocycles. The molecule has 1 aliphatic carbocycles. The zero-order chi connectivity index (χ0) is 30.9. The van der Waals surface area contributed by atoms with E-state index in [1.54, 1.807) is 6.07 Å². The zero-order valence-electron chi connectivity index (χ0n) is 25.0. The fraction of sp³-hybridized carbons (Fsp3) is 0.588. The number of phenolic OH excluding ortho intramolecular Hbond substituents is 1. The average Bonchev–Trinajstić information content (AvgIpc) is 3.31. The SMILES string of the molecule is O=S(=O)(CCCCC(F)(F)F)CCC[C@@H]1CCCN1CCCCCC1=C(c2ccc(F)cc2)CCCc2cc(O)ccc21. The van der Waals surface area contributed by atoms with Gasteiger partial charge in [-0.1, -0.05) is 24.6 Å². The fourth-order valence-corrected chi connectivity index (χ4v) is 8.16. The van der Waals surface area contributed by atoms with Gasteiger partial charge in [0.2, 0.25) is 0 Å². The highest BCUT2D eigenvalue weighted by Crippen LogP contribution is 2.39. The number of fused-ring (bicyclic) bond motifs is 1. The minimum atomic E-state index is -4.23. The third-order valence-electron chi connectivity index (χ3n) is 8.87. The summed E-state index contributed by atoms with van der Waals surface area (Å²) in [6, 6.07) is 12.8. The first-order chi connectivity index (χ1) is 20.5. The standard InChI is InChI=1S/C34H45F4NO3S/c35-28-16-14-26(15-17-28)31-13-6-9-27-25-30(40)18-19-32(27)33(31)12-2-1-4-21-39-22-7-10-29(39)11-8-24-43(41,42)23-5-3-20-34(36,37)38/h14-19,25,29,40H,1-13,20-24H2/t29-/m0/s1. The highest BCUT2D eigenvalue weighted by atomic mass is 32.2. The Kier molecular flexibility index (Phi) is 12.1. The second-order valence-corrected chi connectivity index (χ2v) is 14.5. The van der Waals surface area contributed by atoms with Crippen LogP contribution in [0, 0.1) is 5.82 Å². The second-order valence-electron chi connectivity index (χ2n) is 12.2. The van der Waals surface area contributed by atoms with E-state index in [0.717, 1.165) is 88.4 Å². The molecule has 0 bridgehead atoms. The Balaban J connectivity index is 1.26. The smallest absolute Gasteiger partial charge is 0.389 e. The Morgan fingerprint density at radius 3 is 2.42 bits per heavy atom. The number of nitrogens with zero attached hydrogens (tertiary/aromatic N) is 1. The lowest BCUT2D eigenvalue weighted by Crippen LogP contribution is -2.30. The predicted octanol–water partition coefficient (Wildman–Crippen LogP) is 8.73. The van der Waals surface area contributed by atoms with Crippen molar-refractivity contribution in [1.29, 1.82) is 0 Å². The van der Waals surface area contributed by atoms with Crippen molar-refractivity contribution in [2.75, 3.05) is 24.6 Å². The van der Waals surface area contributed by atoms with Crippen LogP contribution < -0.4 is 0 Å². The molecule has 2 aromatic rings. The van der Waals surface area contributed by atoms with Crippen molar-refractivity contribution in [3.8, 4) is 5.75 Å². The fourth-order valence-electron chi connectivity index (χ4n) is 6.70. The zero-order valence-corrected chi connectivity index (χ0v) is 25.8. The number of benzene rings is 2. The molecule has 238 valence electrons. The average molecular weight is 624 g/mol. The van der Waals surface area contributed by atoms with Crippen LogP contribution in [0.1, 0.15) is 100 Å². The number of rotatable bonds is 15. The van der Waals surface area contributed by atoms with Crippen molar-refractivity contribution in [3.63, 3.8) is 0 Å². The van der Waals surface area contributed by atoms with Crippen LogP contribution in [-0.4, -0.2) is 55.2 Å². The molecule has 0 unspecified atom stereocenters. The minimum absolute atomic E-state index is 0.0497. The van der Waals surface area contributed by atoms with Gasteiger partial charge in [-0.05, 0) is 142 Å². The summed E-state index contributed by atoms with van der Waals surface area (Å²) in [6.45, 7) is 1.99. The molecule has 1 saturated heterocycles. The maximum Gasteiger partial charge on any atom is 0.389 e. The monoisotopic (exact) mass is 623 g/mol. The van der Waals surface area contributed by atoms with Gasteiger partial charge >= 0.3 is 6.18 Å². The first-order valence-corrected chi connectivity index (χ1v) is 17.6. The molecule has 0 aromatic heterocycles. The molecule has 1 fully saturated rings. The number of phenols is 1. The van der Waals surface area contributed by atoms with Crippen LogP contribution >= 0.6 is 0 Å². The summed E-state index contributed by atoms with van der Waals surface area (Å²) in [5, 5.41) is 10.1. The molecule has 4 rings (SSSR count). The summed E-state index contributed by atoms with van der Waals surface area (Å²) in [6.07, 6.45) is 5.11. The third kappa shape index (κ3) is 10.6. The summed E-state index contributed by atoms with van der Waals surface area (Å²) >= 11 is 0. The van der Waals surface area contributed by atoms with E-state index in [-0.39, 0.29) is 35.9 Å². The molecular formula is C34H45F4NO3S. The summed E-state index contributed by atoms with van der Waals surface area (Å²) in [4.78, 5) is 2.48. The molecule has 0 saturated carbocycles. The number of aryl methyl sites for hydroxylation is 1. The highest BCUT2D eigenvalue weighted by molar-refractivity contribution is 7.91. The van der Waals surface area contributed by atoms with Gasteiger partial charge in [0.1, 0.15) is 21.4 Å². The van der Waals surface area contributed by atoms with Gasteiger partial charge in [0.15, 0.2) is 0 Å². The number of hydrogen-bond donors (Lipinski definition) is 1. The molecule has 1 atom stereocenters. The van der Waals surface area contributed by atoms with Crippen LogP contribution in [-0.2, 0) is 16.3 Å². The van der Waals surface area contributed by atoms with Crippen LogP contribution in [0.4, 0.5) is 17.6 Å². The van der Waals surface area contributed by atoms with Gasteiger partial charge in [0, 0.05) is 12.5 Å². The molecule has 43 heavy (non-hydrogen) atoms. The van der Waals surface area contributed by atoms with E-state index in [4.69, 9.17) is 0 Å². The highest BCUT2D eigenvalue weighted by Gasteiger charge is 2.27. The number of halogens is 4. The topological polar surface area (TPSA) is 57.6 Å². The van der Waals surface area contributed by atoms with Crippen LogP contribution in [0.2, 0.25) is 0 Å². The van der Waals surface area contributed by atoms with Gasteiger partial charge < -0.3 is 10.0 Å². The summed E-state index contributed by atoms with van der Waals surface area (Å²) < 4.78 is 75.2. The van der Waals surface area contributed by atoms with E-state index in [9.17, 15) is 31.1 Å².